The van der Waals surface area contributed by atoms with E-state index in [0.717, 1.165) is 30.9 Å². The molecule has 0 radical (unpaired) electrons. The predicted molar refractivity (Wildman–Crippen MR) is 184 cm³/mol. The first kappa shape index (κ1) is 40.8. The maximum Gasteiger partial charge on any atom is 0.388 e. The molecule has 17 nitrogen and oxygen atoms in total. The summed E-state index contributed by atoms with van der Waals surface area (Å²) in [6.07, 6.45) is 6.22. The Morgan fingerprint density at radius 3 is 2.41 bits per heavy atom. The van der Waals surface area contributed by atoms with Crippen LogP contribution < -0.4 is 34.0 Å². The minimum absolute atomic E-state index is 0.0964. The summed E-state index contributed by atoms with van der Waals surface area (Å²) in [5.41, 5.74) is 0.0336. The van der Waals surface area contributed by atoms with Gasteiger partial charge in [0.25, 0.3) is 15.9 Å². The molecule has 0 aliphatic carbocycles. The van der Waals surface area contributed by atoms with Gasteiger partial charge in [0.2, 0.25) is 22.5 Å². The zero-order chi connectivity index (χ0) is 40.9. The predicted octanol–water partition coefficient (Wildman–Crippen LogP) is 4.15. The van der Waals surface area contributed by atoms with E-state index >= 15 is 0 Å². The first-order valence-corrected chi connectivity index (χ1v) is 17.9. The molecule has 0 atom stereocenters. The van der Waals surface area contributed by atoms with Gasteiger partial charge in [0, 0.05) is 30.6 Å². The summed E-state index contributed by atoms with van der Waals surface area (Å²) in [5, 5.41) is 10.7. The van der Waals surface area contributed by atoms with Crippen molar-refractivity contribution in [1.82, 2.24) is 23.6 Å². The second-order valence-corrected chi connectivity index (χ2v) is 14.5. The second kappa shape index (κ2) is 16.6. The molecule has 4 heterocycles. The van der Waals surface area contributed by atoms with E-state index in [1.165, 1.54) is 45.4 Å². The second-order valence-electron chi connectivity index (χ2n) is 12.2. The van der Waals surface area contributed by atoms with Gasteiger partial charge in [-0.25, -0.2) is 32.1 Å². The van der Waals surface area contributed by atoms with E-state index in [2.05, 4.69) is 48.6 Å². The minimum atomic E-state index is -4.71. The molecule has 2 aromatic carbocycles. The van der Waals surface area contributed by atoms with Crippen LogP contribution >= 0.6 is 11.5 Å². The van der Waals surface area contributed by atoms with Crippen LogP contribution in [0.4, 0.5) is 44.1 Å². The van der Waals surface area contributed by atoms with Crippen LogP contribution in [0.25, 0.3) is 0 Å². The molecule has 2 aliphatic rings. The Bertz CT molecular complexity index is 2370. The van der Waals surface area contributed by atoms with Crippen molar-refractivity contribution in [2.24, 2.45) is 10.4 Å². The first-order valence-electron chi connectivity index (χ1n) is 15.6. The van der Waals surface area contributed by atoms with Gasteiger partial charge in [-0.05, 0) is 23.6 Å². The highest BCUT2D eigenvalue weighted by Crippen LogP contribution is 2.37. The molecule has 6 rings (SSSR count). The summed E-state index contributed by atoms with van der Waals surface area (Å²) in [4.78, 5) is 47.4. The van der Waals surface area contributed by atoms with E-state index in [1.54, 1.807) is 5.32 Å². The summed E-state index contributed by atoms with van der Waals surface area (Å²) in [7, 11) is -4.71. The Balaban J connectivity index is 0.000000216. The lowest BCUT2D eigenvalue weighted by atomic mass is 9.92. The number of aromatic carboxylic acids is 1. The van der Waals surface area contributed by atoms with Crippen LogP contribution in [0.3, 0.4) is 0 Å². The molecule has 24 heteroatoms. The summed E-state index contributed by atoms with van der Waals surface area (Å²) < 4.78 is 109. The number of anilines is 2. The average molecular weight is 827 g/mol. The number of carboxylic acid groups (broad SMARTS) is 1. The molecule has 56 heavy (non-hydrogen) atoms. The van der Waals surface area contributed by atoms with Crippen molar-refractivity contribution in [3.8, 4) is 29.9 Å². The standard InChI is InChI=1S/C18H17FN4O2S.C14H10F4N4O7S/c1-4-5-22-13-7-12(11(19)6-14(13)25-9-16(22)24)20-17-23-10-18(2,3)8-15(23)21-26-17;15-11(16)28-8-5-9(29-12(17)18)20-13(19-8)21-14(25)22-30(26,27)7-4-2-1-3-6(7)10(23)24/h1,6-7H,5,8-10H2,2-3H3;1-5,11-12H,(H,23,24)(H2,19,20,21,22,25). The molecule has 0 saturated carbocycles. The highest BCUT2D eigenvalue weighted by Gasteiger charge is 2.31. The lowest BCUT2D eigenvalue weighted by molar-refractivity contribution is -0.121. The van der Waals surface area contributed by atoms with E-state index < -0.39 is 69.2 Å². The molecule has 2 aliphatic heterocycles. The summed E-state index contributed by atoms with van der Waals surface area (Å²) >= 11 is 1.24. The number of hydrogen-bond donors (Lipinski definition) is 3. The van der Waals surface area contributed by atoms with Gasteiger partial charge in [0.1, 0.15) is 22.2 Å². The van der Waals surface area contributed by atoms with Crippen molar-refractivity contribution >= 4 is 56.8 Å². The average Bonchev–Trinajstić information content (AvgIpc) is 3.60. The fourth-order valence-corrected chi connectivity index (χ4v) is 7.06. The van der Waals surface area contributed by atoms with Gasteiger partial charge in [0.05, 0.1) is 23.9 Å². The number of carbonyl (C=O) groups excluding carboxylic acids is 2. The number of aromatic nitrogens is 4. The summed E-state index contributed by atoms with van der Waals surface area (Å²) in [5.74, 6) is -1.53. The Kier molecular flexibility index (Phi) is 12.1. The van der Waals surface area contributed by atoms with Crippen LogP contribution in [0.1, 0.15) is 30.0 Å². The number of nitrogens with one attached hydrogen (secondary N) is 2. The maximum absolute atomic E-state index is 14.5. The number of benzene rings is 2. The number of sulfonamides is 1. The lowest BCUT2D eigenvalue weighted by Crippen LogP contribution is -2.39. The van der Waals surface area contributed by atoms with E-state index in [1.807, 2.05) is 4.57 Å². The molecule has 296 valence electrons. The van der Waals surface area contributed by atoms with Crippen molar-refractivity contribution in [3.05, 3.63) is 64.5 Å². The van der Waals surface area contributed by atoms with Crippen LogP contribution in [-0.2, 0) is 27.8 Å². The zero-order valence-electron chi connectivity index (χ0n) is 28.7. The smallest absolute Gasteiger partial charge is 0.388 e. The van der Waals surface area contributed by atoms with Gasteiger partial charge < -0.3 is 23.9 Å². The molecule has 0 bridgehead atoms. The first-order chi connectivity index (χ1) is 26.4. The van der Waals surface area contributed by atoms with Crippen LogP contribution in [-0.4, -0.2) is 76.7 Å². The molecule has 4 aromatic rings. The normalized spacial score (nSPS) is 14.5. The Morgan fingerprint density at radius 1 is 1.12 bits per heavy atom. The van der Waals surface area contributed by atoms with Crippen molar-refractivity contribution in [3.63, 3.8) is 0 Å². The van der Waals surface area contributed by atoms with Crippen LogP contribution in [0.2, 0.25) is 0 Å². The van der Waals surface area contributed by atoms with Gasteiger partial charge in [-0.3, -0.25) is 15.0 Å². The van der Waals surface area contributed by atoms with Gasteiger partial charge in [0.15, 0.2) is 12.4 Å². The van der Waals surface area contributed by atoms with Gasteiger partial charge in [-0.2, -0.15) is 31.9 Å². The SMILES string of the molecule is C#CCN1C(=O)COc2cc(F)c(N=c3snc4n3CC(C)(C)C4)cc21.O=C(Nc1nc(OC(F)F)cc(OC(F)F)n1)NS(=O)(=O)c1ccccc1C(=O)O. The number of ether oxygens (including phenoxy) is 3. The number of fused-ring (bicyclic) bond motifs is 2. The number of terminal acetylenes is 1. The van der Waals surface area contributed by atoms with Crippen molar-refractivity contribution in [1.29, 1.82) is 0 Å². The quantitative estimate of drug-likeness (QED) is 0.152. The third kappa shape index (κ3) is 9.84. The fourth-order valence-electron chi connectivity index (χ4n) is 5.19. The van der Waals surface area contributed by atoms with E-state index in [0.29, 0.717) is 22.3 Å². The molecule has 3 N–H and O–H groups in total. The van der Waals surface area contributed by atoms with E-state index in [-0.39, 0.29) is 30.2 Å². The van der Waals surface area contributed by atoms with Crippen LogP contribution in [0.15, 0.2) is 52.4 Å². The van der Waals surface area contributed by atoms with Gasteiger partial charge in [-0.15, -0.1) is 6.42 Å². The van der Waals surface area contributed by atoms with Gasteiger partial charge >= 0.3 is 25.2 Å². The number of nitrogens with zero attached hydrogens (tertiary/aromatic N) is 6. The monoisotopic (exact) mass is 826 g/mol. The van der Waals surface area contributed by atoms with Crippen molar-refractivity contribution < 1.29 is 64.1 Å². The number of amides is 3. The van der Waals surface area contributed by atoms with E-state index in [9.17, 15) is 44.8 Å². The molecule has 3 amide bonds. The molecule has 2 aromatic heterocycles. The Hall–Kier alpha value is -6.35. The third-order valence-corrected chi connectivity index (χ3v) is 9.56. The fraction of sp³-hybridized carbons (Fsp3) is 0.281. The number of alkyl halides is 4. The number of rotatable bonds is 10. The Morgan fingerprint density at radius 2 is 1.79 bits per heavy atom. The molecule has 0 fully saturated rings. The van der Waals surface area contributed by atoms with E-state index in [4.69, 9.17) is 16.3 Å². The van der Waals surface area contributed by atoms with Crippen LogP contribution in [0.5, 0.6) is 17.5 Å². The summed E-state index contributed by atoms with van der Waals surface area (Å²) in [6, 6.07) is 5.98. The Labute approximate surface area is 317 Å². The summed E-state index contributed by atoms with van der Waals surface area (Å²) in [6.45, 7) is -1.76. The highest BCUT2D eigenvalue weighted by atomic mass is 32.2. The molecule has 0 saturated heterocycles. The lowest BCUT2D eigenvalue weighted by Gasteiger charge is -2.28. The largest absolute Gasteiger partial charge is 0.481 e. The number of urea groups is 1. The third-order valence-electron chi connectivity index (χ3n) is 7.39. The number of carbonyl (C=O) groups is 3. The van der Waals surface area contributed by atoms with Crippen molar-refractivity contribution in [2.75, 3.05) is 23.4 Å². The van der Waals surface area contributed by atoms with Crippen molar-refractivity contribution in [2.45, 2.75) is 44.9 Å². The zero-order valence-corrected chi connectivity index (χ0v) is 30.3. The number of carboxylic acids is 1. The molecular formula is C32H27F5N8O9S2. The molecule has 0 spiro atoms. The maximum atomic E-state index is 14.5. The van der Waals surface area contributed by atoms with Crippen LogP contribution in [0, 0.1) is 23.6 Å². The minimum Gasteiger partial charge on any atom is -0.481 e. The highest BCUT2D eigenvalue weighted by molar-refractivity contribution is 7.90. The molecular weight excluding hydrogens is 800 g/mol. The number of hydrogen-bond acceptors (Lipinski definition) is 13. The topological polar surface area (TPSA) is 217 Å². The molecule has 0 unspecified atom stereocenters. The number of halogens is 5. The van der Waals surface area contributed by atoms with Gasteiger partial charge in [-0.1, -0.05) is 31.9 Å².